The Morgan fingerprint density at radius 1 is 1.06 bits per heavy atom. The molecule has 0 fully saturated rings. The number of anilines is 1. The molecular formula is C26H32N2O5. The summed E-state index contributed by atoms with van der Waals surface area (Å²) in [5.74, 6) is 0.329. The molecule has 3 rings (SSSR count). The molecule has 1 N–H and O–H groups in total. The second-order valence-electron chi connectivity index (χ2n) is 9.01. The number of amides is 1. The number of rotatable bonds is 6. The third kappa shape index (κ3) is 5.86. The van der Waals surface area contributed by atoms with E-state index in [0.29, 0.717) is 6.54 Å². The number of carbonyl (C=O) groups is 2. The van der Waals surface area contributed by atoms with Crippen molar-refractivity contribution in [2.45, 2.75) is 38.8 Å². The number of hydrogen-bond donors (Lipinski definition) is 1. The van der Waals surface area contributed by atoms with Crippen molar-refractivity contribution in [1.82, 2.24) is 5.32 Å². The van der Waals surface area contributed by atoms with Crippen molar-refractivity contribution in [3.05, 3.63) is 65.2 Å². The summed E-state index contributed by atoms with van der Waals surface area (Å²) in [6.45, 7) is 6.01. The molecule has 7 nitrogen and oxygen atoms in total. The van der Waals surface area contributed by atoms with Gasteiger partial charge in [-0.3, -0.25) is 0 Å². The first-order valence-corrected chi connectivity index (χ1v) is 10.9. The van der Waals surface area contributed by atoms with Gasteiger partial charge in [0.05, 0.1) is 14.2 Å². The summed E-state index contributed by atoms with van der Waals surface area (Å²) >= 11 is 0. The van der Waals surface area contributed by atoms with Crippen molar-refractivity contribution in [2.24, 2.45) is 0 Å². The molecule has 0 bridgehead atoms. The Kier molecular flexibility index (Phi) is 7.31. The van der Waals surface area contributed by atoms with Crippen LogP contribution in [0.15, 0.2) is 48.5 Å². The van der Waals surface area contributed by atoms with Gasteiger partial charge in [0.15, 0.2) is 0 Å². The van der Waals surface area contributed by atoms with E-state index in [1.165, 1.54) is 7.11 Å². The summed E-state index contributed by atoms with van der Waals surface area (Å²) in [4.78, 5) is 26.6. The molecule has 1 heterocycles. The van der Waals surface area contributed by atoms with Crippen molar-refractivity contribution in [1.29, 1.82) is 0 Å². The van der Waals surface area contributed by atoms with Gasteiger partial charge in [-0.2, -0.15) is 0 Å². The van der Waals surface area contributed by atoms with E-state index >= 15 is 0 Å². The maximum absolute atomic E-state index is 12.2. The maximum Gasteiger partial charge on any atom is 0.408 e. The lowest BCUT2D eigenvalue weighted by molar-refractivity contribution is -0.143. The largest absolute Gasteiger partial charge is 0.496 e. The molecule has 1 aliphatic heterocycles. The van der Waals surface area contributed by atoms with Crippen LogP contribution >= 0.6 is 0 Å². The van der Waals surface area contributed by atoms with Crippen LogP contribution in [0.25, 0.3) is 11.3 Å². The van der Waals surface area contributed by atoms with Crippen LogP contribution in [0.4, 0.5) is 10.5 Å². The normalized spacial score (nSPS) is 14.3. The zero-order chi connectivity index (χ0) is 24.2. The number of alkyl carbamates (subject to hydrolysis) is 1. The first-order valence-electron chi connectivity index (χ1n) is 10.9. The SMILES string of the molecule is COC(=O)[C@H](Cc1ccc(C2=C(OC)c3ccccc3N(C)C2)cc1)NC(=O)OC(C)(C)C. The van der Waals surface area contributed by atoms with Gasteiger partial charge in [0.1, 0.15) is 17.4 Å². The number of likely N-dealkylation sites (N-methyl/N-ethyl adjacent to an activating group) is 1. The third-order valence-electron chi connectivity index (χ3n) is 5.35. The minimum Gasteiger partial charge on any atom is -0.496 e. The van der Waals surface area contributed by atoms with Crippen molar-refractivity contribution in [2.75, 3.05) is 32.7 Å². The molecule has 1 aliphatic rings. The maximum atomic E-state index is 12.2. The fraction of sp³-hybridized carbons (Fsp3) is 0.385. The molecule has 0 saturated heterocycles. The fourth-order valence-corrected chi connectivity index (χ4v) is 3.87. The van der Waals surface area contributed by atoms with Gasteiger partial charge in [0, 0.05) is 36.8 Å². The smallest absolute Gasteiger partial charge is 0.408 e. The highest BCUT2D eigenvalue weighted by molar-refractivity contribution is 5.96. The van der Waals surface area contributed by atoms with Gasteiger partial charge in [-0.05, 0) is 44.0 Å². The van der Waals surface area contributed by atoms with E-state index < -0.39 is 23.7 Å². The predicted octanol–water partition coefficient (Wildman–Crippen LogP) is 4.26. The molecule has 0 aliphatic carbocycles. The number of nitrogens with one attached hydrogen (secondary N) is 1. The summed E-state index contributed by atoms with van der Waals surface area (Å²) in [6.07, 6.45) is -0.376. The number of nitrogens with zero attached hydrogens (tertiary/aromatic N) is 1. The molecule has 176 valence electrons. The minimum absolute atomic E-state index is 0.283. The van der Waals surface area contributed by atoms with Gasteiger partial charge in [-0.25, -0.2) is 9.59 Å². The van der Waals surface area contributed by atoms with Gasteiger partial charge in [-0.1, -0.05) is 36.4 Å². The van der Waals surface area contributed by atoms with Gasteiger partial charge in [-0.15, -0.1) is 0 Å². The summed E-state index contributed by atoms with van der Waals surface area (Å²) < 4.78 is 15.9. The van der Waals surface area contributed by atoms with Gasteiger partial charge in [0.2, 0.25) is 0 Å². The number of carbonyl (C=O) groups excluding carboxylic acids is 2. The summed E-state index contributed by atoms with van der Waals surface area (Å²) in [5, 5.41) is 2.61. The van der Waals surface area contributed by atoms with E-state index in [2.05, 4.69) is 29.4 Å². The molecule has 0 radical (unpaired) electrons. The monoisotopic (exact) mass is 452 g/mol. The van der Waals surface area contributed by atoms with Crippen LogP contribution in [0.1, 0.15) is 37.5 Å². The average molecular weight is 453 g/mol. The molecule has 2 aromatic rings. The fourth-order valence-electron chi connectivity index (χ4n) is 3.87. The molecule has 0 aromatic heterocycles. The Morgan fingerprint density at radius 2 is 1.73 bits per heavy atom. The molecule has 2 aromatic carbocycles. The summed E-state index contributed by atoms with van der Waals surface area (Å²) in [7, 11) is 5.05. The lowest BCUT2D eigenvalue weighted by Gasteiger charge is -2.31. The number of fused-ring (bicyclic) bond motifs is 1. The lowest BCUT2D eigenvalue weighted by atomic mass is 9.94. The number of hydrogen-bond acceptors (Lipinski definition) is 6. The molecular weight excluding hydrogens is 420 g/mol. The molecule has 33 heavy (non-hydrogen) atoms. The number of esters is 1. The van der Waals surface area contributed by atoms with E-state index in [-0.39, 0.29) is 6.42 Å². The van der Waals surface area contributed by atoms with Crippen molar-refractivity contribution in [3.63, 3.8) is 0 Å². The quantitative estimate of drug-likeness (QED) is 0.660. The first kappa shape index (κ1) is 24.2. The van der Waals surface area contributed by atoms with Crippen molar-refractivity contribution >= 4 is 29.1 Å². The van der Waals surface area contributed by atoms with Crippen LogP contribution in [-0.4, -0.2) is 51.5 Å². The van der Waals surface area contributed by atoms with Crippen LogP contribution in [0.5, 0.6) is 0 Å². The topological polar surface area (TPSA) is 77.1 Å². The van der Waals surface area contributed by atoms with Crippen LogP contribution in [0.3, 0.4) is 0 Å². The lowest BCUT2D eigenvalue weighted by Crippen LogP contribution is -2.45. The van der Waals surface area contributed by atoms with Crippen LogP contribution in [0, 0.1) is 0 Å². The van der Waals surface area contributed by atoms with Gasteiger partial charge >= 0.3 is 12.1 Å². The number of para-hydroxylation sites is 1. The van der Waals surface area contributed by atoms with Crippen LogP contribution in [-0.2, 0) is 25.4 Å². The van der Waals surface area contributed by atoms with E-state index in [9.17, 15) is 9.59 Å². The van der Waals surface area contributed by atoms with E-state index in [4.69, 9.17) is 14.2 Å². The van der Waals surface area contributed by atoms with E-state index in [1.807, 2.05) is 36.4 Å². The second kappa shape index (κ2) is 9.98. The molecule has 0 unspecified atom stereocenters. The highest BCUT2D eigenvalue weighted by Crippen LogP contribution is 2.38. The zero-order valence-electron chi connectivity index (χ0n) is 20.1. The molecule has 1 amide bonds. The summed E-state index contributed by atoms with van der Waals surface area (Å²) in [5.41, 5.74) is 4.52. The predicted molar refractivity (Wildman–Crippen MR) is 129 cm³/mol. The zero-order valence-corrected chi connectivity index (χ0v) is 20.1. The van der Waals surface area contributed by atoms with E-state index in [1.54, 1.807) is 27.9 Å². The number of ether oxygens (including phenoxy) is 3. The highest BCUT2D eigenvalue weighted by Gasteiger charge is 2.26. The Morgan fingerprint density at radius 3 is 2.33 bits per heavy atom. The Hall–Kier alpha value is -3.48. The highest BCUT2D eigenvalue weighted by atomic mass is 16.6. The second-order valence-corrected chi connectivity index (χ2v) is 9.01. The first-order chi connectivity index (χ1) is 15.6. The molecule has 0 saturated carbocycles. The van der Waals surface area contributed by atoms with Crippen molar-refractivity contribution < 1.29 is 23.8 Å². The average Bonchev–Trinajstić information content (AvgIpc) is 2.77. The van der Waals surface area contributed by atoms with Crippen LogP contribution in [0.2, 0.25) is 0 Å². The minimum atomic E-state index is -0.850. The van der Waals surface area contributed by atoms with Gasteiger partial charge < -0.3 is 24.4 Å². The number of benzene rings is 2. The number of methoxy groups -OCH3 is 2. The summed E-state index contributed by atoms with van der Waals surface area (Å²) in [6, 6.07) is 15.2. The Bertz CT molecular complexity index is 1040. The van der Waals surface area contributed by atoms with E-state index in [0.717, 1.165) is 33.7 Å². The van der Waals surface area contributed by atoms with Crippen LogP contribution < -0.4 is 10.2 Å². The molecule has 0 spiro atoms. The molecule has 1 atom stereocenters. The van der Waals surface area contributed by atoms with Gasteiger partial charge in [0.25, 0.3) is 0 Å². The third-order valence-corrected chi connectivity index (χ3v) is 5.35. The van der Waals surface area contributed by atoms with Crippen molar-refractivity contribution in [3.8, 4) is 0 Å². The molecule has 7 heteroatoms. The standard InChI is InChI=1S/C26H32N2O5/c1-26(2,3)33-25(30)27-21(24(29)32-6)15-17-11-13-18(14-12-17)20-16-28(4)22-10-8-7-9-19(22)23(20)31-5/h7-14,21H,15-16H2,1-6H3,(H,27,30)/t21-/m0/s1. The Balaban J connectivity index is 1.82. The Labute approximate surface area is 195 Å².